The van der Waals surface area contributed by atoms with Gasteiger partial charge < -0.3 is 4.74 Å². The zero-order valence-electron chi connectivity index (χ0n) is 13.3. The number of allylic oxidation sites excluding steroid dienone is 1. The molecule has 0 radical (unpaired) electrons. The second-order valence-corrected chi connectivity index (χ2v) is 5.67. The molecule has 0 atom stereocenters. The molecule has 0 aliphatic rings. The molecule has 3 rings (SSSR count). The summed E-state index contributed by atoms with van der Waals surface area (Å²) < 4.78 is 5.20. The van der Waals surface area contributed by atoms with Crippen LogP contribution in [0.4, 0.5) is 0 Å². The molecule has 0 aliphatic carbocycles. The number of hydrogen-bond donors (Lipinski definition) is 0. The highest BCUT2D eigenvalue weighted by Crippen LogP contribution is 2.24. The van der Waals surface area contributed by atoms with Crippen LogP contribution in [0.3, 0.4) is 0 Å². The van der Waals surface area contributed by atoms with Crippen LogP contribution >= 0.6 is 0 Å². The van der Waals surface area contributed by atoms with Gasteiger partial charge in [-0.1, -0.05) is 54.1 Å². The molecule has 22 heavy (non-hydrogen) atoms. The van der Waals surface area contributed by atoms with Crippen LogP contribution in [0.15, 0.2) is 60.7 Å². The molecule has 110 valence electrons. The van der Waals surface area contributed by atoms with E-state index < -0.39 is 0 Å². The van der Waals surface area contributed by atoms with Gasteiger partial charge in [0.2, 0.25) is 0 Å². The Kier molecular flexibility index (Phi) is 3.97. The highest BCUT2D eigenvalue weighted by Gasteiger charge is 2.00. The van der Waals surface area contributed by atoms with Gasteiger partial charge in [-0.15, -0.1) is 0 Å². The number of hydrogen-bond acceptors (Lipinski definition) is 1. The van der Waals surface area contributed by atoms with Gasteiger partial charge in [-0.2, -0.15) is 0 Å². The second-order valence-electron chi connectivity index (χ2n) is 5.67. The van der Waals surface area contributed by atoms with Gasteiger partial charge in [0, 0.05) is 0 Å². The third-order valence-corrected chi connectivity index (χ3v) is 3.95. The molecule has 0 saturated heterocycles. The number of rotatable bonds is 3. The summed E-state index contributed by atoms with van der Waals surface area (Å²) in [7, 11) is 1.69. The monoisotopic (exact) mass is 288 g/mol. The van der Waals surface area contributed by atoms with Crippen molar-refractivity contribution in [3.05, 3.63) is 77.4 Å². The summed E-state index contributed by atoms with van der Waals surface area (Å²) in [5, 5.41) is 2.58. The minimum absolute atomic E-state index is 0.885. The first kappa shape index (κ1) is 14.4. The van der Waals surface area contributed by atoms with Crippen molar-refractivity contribution in [2.75, 3.05) is 7.11 Å². The van der Waals surface area contributed by atoms with Crippen molar-refractivity contribution in [2.45, 2.75) is 13.8 Å². The lowest BCUT2D eigenvalue weighted by Crippen LogP contribution is -1.84. The van der Waals surface area contributed by atoms with Crippen LogP contribution in [0.25, 0.3) is 22.4 Å². The minimum atomic E-state index is 0.885. The molecule has 1 nitrogen and oxygen atoms in total. The van der Waals surface area contributed by atoms with E-state index in [-0.39, 0.29) is 0 Å². The lowest BCUT2D eigenvalue weighted by atomic mass is 9.99. The lowest BCUT2D eigenvalue weighted by Gasteiger charge is -2.06. The fourth-order valence-corrected chi connectivity index (χ4v) is 2.64. The third kappa shape index (κ3) is 3.04. The fourth-order valence-electron chi connectivity index (χ4n) is 2.64. The maximum Gasteiger partial charge on any atom is 0.118 e. The zero-order valence-corrected chi connectivity index (χ0v) is 13.3. The molecule has 0 heterocycles. The van der Waals surface area contributed by atoms with Crippen LogP contribution < -0.4 is 4.74 Å². The summed E-state index contributed by atoms with van der Waals surface area (Å²) in [5.41, 5.74) is 4.99. The maximum atomic E-state index is 5.20. The first-order valence-corrected chi connectivity index (χ1v) is 7.49. The first-order valence-electron chi connectivity index (χ1n) is 7.49. The Morgan fingerprint density at radius 3 is 2.27 bits per heavy atom. The van der Waals surface area contributed by atoms with Crippen molar-refractivity contribution >= 4 is 22.4 Å². The summed E-state index contributed by atoms with van der Waals surface area (Å²) in [6.07, 6.45) is 2.20. The zero-order chi connectivity index (χ0) is 15.5. The molecule has 0 saturated carbocycles. The van der Waals surface area contributed by atoms with Crippen LogP contribution in [0, 0.1) is 6.92 Å². The highest BCUT2D eigenvalue weighted by molar-refractivity contribution is 5.89. The Balaban J connectivity index is 1.94. The Bertz CT molecular complexity index is 826. The highest BCUT2D eigenvalue weighted by atomic mass is 16.5. The van der Waals surface area contributed by atoms with E-state index in [1.54, 1.807) is 7.11 Å². The minimum Gasteiger partial charge on any atom is -0.497 e. The Morgan fingerprint density at radius 1 is 0.864 bits per heavy atom. The van der Waals surface area contributed by atoms with Crippen molar-refractivity contribution in [3.8, 4) is 5.75 Å². The molecule has 0 unspecified atom stereocenters. The van der Waals surface area contributed by atoms with Crippen LogP contribution in [0.2, 0.25) is 0 Å². The lowest BCUT2D eigenvalue weighted by molar-refractivity contribution is 0.415. The molecule has 0 aromatic heterocycles. The van der Waals surface area contributed by atoms with Crippen LogP contribution in [0.5, 0.6) is 5.75 Å². The third-order valence-electron chi connectivity index (χ3n) is 3.95. The van der Waals surface area contributed by atoms with E-state index in [2.05, 4.69) is 68.5 Å². The molecular formula is C21H20O. The quantitative estimate of drug-likeness (QED) is 0.560. The van der Waals surface area contributed by atoms with Crippen LogP contribution in [-0.4, -0.2) is 7.11 Å². The topological polar surface area (TPSA) is 9.23 Å². The standard InChI is InChI=1S/C21H20O/c1-15-4-7-20-14-18(8-9-19(20)12-15)16(2)13-17-5-10-21(22-3)11-6-17/h4-14H,1-3H3/b16-13+. The Hall–Kier alpha value is -2.54. The molecular weight excluding hydrogens is 268 g/mol. The number of benzene rings is 3. The molecule has 3 aromatic carbocycles. The van der Waals surface area contributed by atoms with Gasteiger partial charge in [-0.3, -0.25) is 0 Å². The predicted octanol–water partition coefficient (Wildman–Crippen LogP) is 5.72. The van der Waals surface area contributed by atoms with Gasteiger partial charge in [0.05, 0.1) is 7.11 Å². The predicted molar refractivity (Wildman–Crippen MR) is 95.2 cm³/mol. The number of fused-ring (bicyclic) bond motifs is 1. The van der Waals surface area contributed by atoms with E-state index in [0.29, 0.717) is 0 Å². The largest absolute Gasteiger partial charge is 0.497 e. The van der Waals surface area contributed by atoms with E-state index in [4.69, 9.17) is 4.74 Å². The SMILES string of the molecule is COc1ccc(/C=C(\C)c2ccc3cc(C)ccc3c2)cc1. The molecule has 0 bridgehead atoms. The molecule has 0 fully saturated rings. The number of aryl methyl sites for hydroxylation is 1. The van der Waals surface area contributed by atoms with Gasteiger partial charge in [0.1, 0.15) is 5.75 Å². The van der Waals surface area contributed by atoms with Gasteiger partial charge in [0.15, 0.2) is 0 Å². The van der Waals surface area contributed by atoms with Crippen LogP contribution in [0.1, 0.15) is 23.6 Å². The van der Waals surface area contributed by atoms with E-state index >= 15 is 0 Å². The summed E-state index contributed by atoms with van der Waals surface area (Å²) in [4.78, 5) is 0. The summed E-state index contributed by atoms with van der Waals surface area (Å²) in [6, 6.07) is 21.3. The van der Waals surface area contributed by atoms with E-state index in [0.717, 1.165) is 5.75 Å². The fraction of sp³-hybridized carbons (Fsp3) is 0.143. The van der Waals surface area contributed by atoms with E-state index in [1.165, 1.54) is 33.0 Å². The average molecular weight is 288 g/mol. The summed E-state index contributed by atoms with van der Waals surface area (Å²) in [6.45, 7) is 4.28. The van der Waals surface area contributed by atoms with Crippen molar-refractivity contribution in [1.82, 2.24) is 0 Å². The molecule has 0 aliphatic heterocycles. The van der Waals surface area contributed by atoms with Crippen molar-refractivity contribution in [2.24, 2.45) is 0 Å². The number of ether oxygens (including phenoxy) is 1. The summed E-state index contributed by atoms with van der Waals surface area (Å²) in [5.74, 6) is 0.885. The summed E-state index contributed by atoms with van der Waals surface area (Å²) >= 11 is 0. The Labute approximate surface area is 131 Å². The normalized spacial score (nSPS) is 11.7. The van der Waals surface area contributed by atoms with Crippen molar-refractivity contribution in [1.29, 1.82) is 0 Å². The van der Waals surface area contributed by atoms with E-state index in [1.807, 2.05) is 12.1 Å². The van der Waals surface area contributed by atoms with Gasteiger partial charge in [-0.05, 0) is 59.5 Å². The van der Waals surface area contributed by atoms with Gasteiger partial charge >= 0.3 is 0 Å². The molecule has 0 spiro atoms. The first-order chi connectivity index (χ1) is 10.7. The van der Waals surface area contributed by atoms with E-state index in [9.17, 15) is 0 Å². The average Bonchev–Trinajstić information content (AvgIpc) is 2.55. The number of methoxy groups -OCH3 is 1. The molecule has 0 N–H and O–H groups in total. The van der Waals surface area contributed by atoms with Crippen molar-refractivity contribution in [3.63, 3.8) is 0 Å². The molecule has 0 amide bonds. The maximum absolute atomic E-state index is 5.20. The van der Waals surface area contributed by atoms with Crippen molar-refractivity contribution < 1.29 is 4.74 Å². The van der Waals surface area contributed by atoms with Gasteiger partial charge in [0.25, 0.3) is 0 Å². The smallest absolute Gasteiger partial charge is 0.118 e. The molecule has 3 aromatic rings. The van der Waals surface area contributed by atoms with Gasteiger partial charge in [-0.25, -0.2) is 0 Å². The van der Waals surface area contributed by atoms with Crippen LogP contribution in [-0.2, 0) is 0 Å². The molecule has 1 heteroatoms. The second kappa shape index (κ2) is 6.07. The Morgan fingerprint density at radius 2 is 1.55 bits per heavy atom.